The highest BCUT2D eigenvalue weighted by Crippen LogP contribution is 2.07. The van der Waals surface area contributed by atoms with Crippen LogP contribution in [-0.4, -0.2) is 23.5 Å². The largest absolute Gasteiger partial charge is 0.357 e. The molecule has 1 rings (SSSR count). The van der Waals surface area contributed by atoms with E-state index >= 15 is 0 Å². The predicted octanol–water partition coefficient (Wildman–Crippen LogP) is 3.72. The van der Waals surface area contributed by atoms with Crippen LogP contribution in [-0.2, 0) is 6.54 Å². The van der Waals surface area contributed by atoms with Crippen molar-refractivity contribution < 1.29 is 4.39 Å². The van der Waals surface area contributed by atoms with E-state index in [4.69, 9.17) is 0 Å². The van der Waals surface area contributed by atoms with Gasteiger partial charge in [0.25, 0.3) is 0 Å². The number of halogens is 2. The maximum atomic E-state index is 13.5. The molecule has 1 aromatic heterocycles. The Kier molecular flexibility index (Phi) is 11.1. The quantitative estimate of drug-likeness (QED) is 0.400. The fourth-order valence-corrected chi connectivity index (χ4v) is 1.90. The minimum atomic E-state index is -0.315. The van der Waals surface area contributed by atoms with Crippen LogP contribution in [0.3, 0.4) is 0 Å². The molecule has 0 aromatic carbocycles. The van der Waals surface area contributed by atoms with E-state index in [1.54, 1.807) is 12.3 Å². The van der Waals surface area contributed by atoms with Crippen LogP contribution in [0.2, 0.25) is 0 Å². The molecule has 0 saturated carbocycles. The Morgan fingerprint density at radius 3 is 2.64 bits per heavy atom. The van der Waals surface area contributed by atoms with Crippen molar-refractivity contribution in [3.63, 3.8) is 0 Å². The Morgan fingerprint density at radius 1 is 1.32 bits per heavy atom. The number of guanidine groups is 1. The van der Waals surface area contributed by atoms with Gasteiger partial charge in [0, 0.05) is 18.8 Å². The van der Waals surface area contributed by atoms with Crippen molar-refractivity contribution in [1.82, 2.24) is 15.6 Å². The standard InChI is InChI=1S/C16H27FN4.HI/c1-5-18-16(21-13(4)9-8-12(2)3)20-11-15-14(17)7-6-10-19-15;/h6-7,10,12-13H,5,8-9,11H2,1-4H3,(H2,18,20,21);1H. The Morgan fingerprint density at radius 2 is 2.05 bits per heavy atom. The first-order valence-corrected chi connectivity index (χ1v) is 7.67. The lowest BCUT2D eigenvalue weighted by atomic mass is 10.0. The van der Waals surface area contributed by atoms with Crippen molar-refractivity contribution in [1.29, 1.82) is 0 Å². The maximum Gasteiger partial charge on any atom is 0.191 e. The lowest BCUT2D eigenvalue weighted by Gasteiger charge is -2.18. The molecule has 126 valence electrons. The van der Waals surface area contributed by atoms with E-state index in [-0.39, 0.29) is 36.3 Å². The fourth-order valence-electron chi connectivity index (χ4n) is 1.90. The summed E-state index contributed by atoms with van der Waals surface area (Å²) in [5.74, 6) is 1.08. The van der Waals surface area contributed by atoms with Crippen molar-refractivity contribution in [3.8, 4) is 0 Å². The van der Waals surface area contributed by atoms with E-state index in [0.29, 0.717) is 23.6 Å². The van der Waals surface area contributed by atoms with Gasteiger partial charge in [0.1, 0.15) is 5.82 Å². The smallest absolute Gasteiger partial charge is 0.191 e. The zero-order valence-corrected chi connectivity index (χ0v) is 16.2. The predicted molar refractivity (Wildman–Crippen MR) is 101 cm³/mol. The van der Waals surface area contributed by atoms with Crippen LogP contribution in [0.25, 0.3) is 0 Å². The monoisotopic (exact) mass is 422 g/mol. The van der Waals surface area contributed by atoms with Gasteiger partial charge in [0.2, 0.25) is 0 Å². The van der Waals surface area contributed by atoms with Crippen LogP contribution < -0.4 is 10.6 Å². The Hall–Kier alpha value is -0.920. The summed E-state index contributed by atoms with van der Waals surface area (Å²) in [6.07, 6.45) is 3.84. The second-order valence-corrected chi connectivity index (χ2v) is 5.64. The Labute approximate surface area is 150 Å². The molecule has 0 aliphatic heterocycles. The topological polar surface area (TPSA) is 49.3 Å². The highest BCUT2D eigenvalue weighted by molar-refractivity contribution is 14.0. The summed E-state index contributed by atoms with van der Waals surface area (Å²) in [6, 6.07) is 3.32. The number of hydrogen-bond donors (Lipinski definition) is 2. The molecule has 2 N–H and O–H groups in total. The molecule has 0 radical (unpaired) electrons. The van der Waals surface area contributed by atoms with Gasteiger partial charge in [0.05, 0.1) is 12.2 Å². The number of nitrogens with one attached hydrogen (secondary N) is 2. The van der Waals surface area contributed by atoms with Gasteiger partial charge in [-0.15, -0.1) is 24.0 Å². The van der Waals surface area contributed by atoms with E-state index in [9.17, 15) is 4.39 Å². The molecule has 1 atom stereocenters. The molecule has 1 aromatic rings. The van der Waals surface area contributed by atoms with Gasteiger partial charge in [0.15, 0.2) is 5.96 Å². The summed E-state index contributed by atoms with van der Waals surface area (Å²) in [6.45, 7) is 9.59. The third-order valence-electron chi connectivity index (χ3n) is 3.13. The van der Waals surface area contributed by atoms with Crippen molar-refractivity contribution in [2.75, 3.05) is 6.54 Å². The van der Waals surface area contributed by atoms with Gasteiger partial charge < -0.3 is 10.6 Å². The van der Waals surface area contributed by atoms with Crippen LogP contribution >= 0.6 is 24.0 Å². The van der Waals surface area contributed by atoms with E-state index in [1.807, 2.05) is 6.92 Å². The average Bonchev–Trinajstić information content (AvgIpc) is 2.44. The van der Waals surface area contributed by atoms with Crippen LogP contribution in [0.5, 0.6) is 0 Å². The minimum absolute atomic E-state index is 0. The van der Waals surface area contributed by atoms with E-state index in [0.717, 1.165) is 13.0 Å². The van der Waals surface area contributed by atoms with E-state index in [2.05, 4.69) is 41.4 Å². The number of aromatic nitrogens is 1. The van der Waals surface area contributed by atoms with Crippen molar-refractivity contribution in [2.45, 2.75) is 53.1 Å². The Balaban J connectivity index is 0.00000441. The number of rotatable bonds is 7. The summed E-state index contributed by atoms with van der Waals surface area (Å²) >= 11 is 0. The van der Waals surface area contributed by atoms with E-state index in [1.165, 1.54) is 12.5 Å². The van der Waals surface area contributed by atoms with Crippen molar-refractivity contribution in [2.24, 2.45) is 10.9 Å². The van der Waals surface area contributed by atoms with Gasteiger partial charge in [-0.05, 0) is 44.7 Å². The normalized spacial score (nSPS) is 12.7. The summed E-state index contributed by atoms with van der Waals surface area (Å²) in [5.41, 5.74) is 0.365. The second-order valence-electron chi connectivity index (χ2n) is 5.64. The molecule has 0 saturated heterocycles. The van der Waals surface area contributed by atoms with Crippen LogP contribution in [0, 0.1) is 11.7 Å². The fraction of sp³-hybridized carbons (Fsp3) is 0.625. The van der Waals surface area contributed by atoms with Crippen LogP contribution in [0.15, 0.2) is 23.3 Å². The number of nitrogens with zero attached hydrogens (tertiary/aromatic N) is 2. The van der Waals surface area contributed by atoms with Crippen LogP contribution in [0.4, 0.5) is 4.39 Å². The van der Waals surface area contributed by atoms with Gasteiger partial charge >= 0.3 is 0 Å². The highest BCUT2D eigenvalue weighted by atomic mass is 127. The maximum absolute atomic E-state index is 13.5. The average molecular weight is 422 g/mol. The van der Waals surface area contributed by atoms with Gasteiger partial charge in [-0.3, -0.25) is 4.98 Å². The van der Waals surface area contributed by atoms with Gasteiger partial charge in [-0.1, -0.05) is 13.8 Å². The first-order valence-electron chi connectivity index (χ1n) is 7.67. The van der Waals surface area contributed by atoms with Gasteiger partial charge in [-0.25, -0.2) is 9.38 Å². The molecule has 6 heteroatoms. The molecule has 0 fully saturated rings. The minimum Gasteiger partial charge on any atom is -0.357 e. The number of hydrogen-bond acceptors (Lipinski definition) is 2. The summed E-state index contributed by atoms with van der Waals surface area (Å²) in [4.78, 5) is 8.41. The zero-order chi connectivity index (χ0) is 15.7. The summed E-state index contributed by atoms with van der Waals surface area (Å²) in [5, 5.41) is 6.53. The first kappa shape index (κ1) is 21.1. The number of pyridine rings is 1. The molecule has 0 aliphatic carbocycles. The third kappa shape index (κ3) is 8.51. The highest BCUT2D eigenvalue weighted by Gasteiger charge is 2.07. The summed E-state index contributed by atoms with van der Waals surface area (Å²) < 4.78 is 13.5. The van der Waals surface area contributed by atoms with Crippen molar-refractivity contribution in [3.05, 3.63) is 29.8 Å². The lowest BCUT2D eigenvalue weighted by Crippen LogP contribution is -2.42. The molecule has 0 spiro atoms. The molecule has 1 unspecified atom stereocenters. The Bertz CT molecular complexity index is 452. The molecule has 0 aliphatic rings. The molecule has 1 heterocycles. The van der Waals surface area contributed by atoms with Crippen LogP contribution in [0.1, 0.15) is 46.2 Å². The third-order valence-corrected chi connectivity index (χ3v) is 3.13. The molecule has 22 heavy (non-hydrogen) atoms. The summed E-state index contributed by atoms with van der Waals surface area (Å²) in [7, 11) is 0. The lowest BCUT2D eigenvalue weighted by molar-refractivity contribution is 0.489. The molecular weight excluding hydrogens is 394 g/mol. The second kappa shape index (κ2) is 11.6. The molecule has 0 bridgehead atoms. The zero-order valence-electron chi connectivity index (χ0n) is 13.9. The van der Waals surface area contributed by atoms with Crippen molar-refractivity contribution >= 4 is 29.9 Å². The first-order chi connectivity index (χ1) is 10.0. The molecular formula is C16H28FIN4. The molecule has 0 amide bonds. The number of aliphatic imine (C=N–C) groups is 1. The SMILES string of the molecule is CCNC(=NCc1ncccc1F)NC(C)CCC(C)C.I. The molecule has 4 nitrogen and oxygen atoms in total. The van der Waals surface area contributed by atoms with Gasteiger partial charge in [-0.2, -0.15) is 0 Å². The van der Waals surface area contributed by atoms with E-state index < -0.39 is 0 Å².